The zero-order valence-electron chi connectivity index (χ0n) is 14.8. The van der Waals surface area contributed by atoms with Gasteiger partial charge in [0, 0.05) is 5.69 Å². The molecule has 1 atom stereocenters. The predicted octanol–water partition coefficient (Wildman–Crippen LogP) is 0.891. The minimum absolute atomic E-state index is 0.0326. The van der Waals surface area contributed by atoms with E-state index >= 15 is 0 Å². The van der Waals surface area contributed by atoms with Crippen LogP contribution in [-0.4, -0.2) is 48.0 Å². The molecule has 1 aliphatic rings. The normalized spacial score (nSPS) is 21.9. The second kappa shape index (κ2) is 6.95. The molecule has 2 rings (SSSR count). The summed E-state index contributed by atoms with van der Waals surface area (Å²) >= 11 is 1.13. The van der Waals surface area contributed by atoms with Crippen molar-refractivity contribution in [1.82, 2.24) is 10.3 Å². The van der Waals surface area contributed by atoms with Crippen molar-refractivity contribution < 1.29 is 18.0 Å². The van der Waals surface area contributed by atoms with Crippen LogP contribution >= 0.6 is 11.8 Å². The van der Waals surface area contributed by atoms with Crippen molar-refractivity contribution >= 4 is 33.4 Å². The maximum atomic E-state index is 12.2. The summed E-state index contributed by atoms with van der Waals surface area (Å²) in [5.41, 5.74) is 7.49. The Bertz CT molecular complexity index is 836. The van der Waals surface area contributed by atoms with Crippen molar-refractivity contribution in [3.63, 3.8) is 0 Å². The number of amides is 2. The molecule has 3 N–H and O–H groups in total. The lowest BCUT2D eigenvalue weighted by Crippen LogP contribution is -2.47. The van der Waals surface area contributed by atoms with Gasteiger partial charge in [-0.3, -0.25) is 9.59 Å². The van der Waals surface area contributed by atoms with E-state index in [0.717, 1.165) is 28.6 Å². The standard InChI is InChI=1S/C16H23N3O4S2/c1-9-10(2)13(14(17)21)15(18-11(9)3)24-7-12(20)19-16(4)5-6-25(22,23)8-16/h5-8H2,1-4H3,(H2,17,21)(H,19,20)/t16-/m0/s1. The Morgan fingerprint density at radius 2 is 1.92 bits per heavy atom. The van der Waals surface area contributed by atoms with Gasteiger partial charge in [-0.1, -0.05) is 11.8 Å². The number of aromatic nitrogens is 1. The number of sulfone groups is 1. The average Bonchev–Trinajstić information content (AvgIpc) is 2.75. The lowest BCUT2D eigenvalue weighted by atomic mass is 10.0. The van der Waals surface area contributed by atoms with Gasteiger partial charge in [0.1, 0.15) is 5.03 Å². The molecule has 0 aromatic carbocycles. The van der Waals surface area contributed by atoms with Crippen LogP contribution in [0.4, 0.5) is 0 Å². The molecule has 0 saturated carbocycles. The highest BCUT2D eigenvalue weighted by molar-refractivity contribution is 8.00. The van der Waals surface area contributed by atoms with Gasteiger partial charge in [-0.05, 0) is 45.2 Å². The van der Waals surface area contributed by atoms with Crippen LogP contribution in [0.15, 0.2) is 5.03 Å². The van der Waals surface area contributed by atoms with Crippen LogP contribution in [0.1, 0.15) is 40.5 Å². The highest BCUT2D eigenvalue weighted by atomic mass is 32.2. The van der Waals surface area contributed by atoms with Crippen molar-refractivity contribution in [1.29, 1.82) is 0 Å². The zero-order chi connectivity index (χ0) is 19.0. The first-order valence-corrected chi connectivity index (χ1v) is 10.7. The number of nitrogens with one attached hydrogen (secondary N) is 1. The van der Waals surface area contributed by atoms with Gasteiger partial charge in [-0.2, -0.15) is 0 Å². The number of rotatable bonds is 5. The summed E-state index contributed by atoms with van der Waals surface area (Å²) in [6.07, 6.45) is 0.402. The maximum Gasteiger partial charge on any atom is 0.251 e. The van der Waals surface area contributed by atoms with Gasteiger partial charge in [0.15, 0.2) is 9.84 Å². The first kappa shape index (κ1) is 19.7. The molecule has 0 spiro atoms. The number of hydrogen-bond donors (Lipinski definition) is 2. The van der Waals surface area contributed by atoms with Crippen molar-refractivity contribution in [2.75, 3.05) is 17.3 Å². The first-order valence-electron chi connectivity index (χ1n) is 7.86. The minimum Gasteiger partial charge on any atom is -0.366 e. The monoisotopic (exact) mass is 385 g/mol. The van der Waals surface area contributed by atoms with Gasteiger partial charge < -0.3 is 11.1 Å². The fourth-order valence-corrected chi connectivity index (χ4v) is 5.95. The molecular weight excluding hydrogens is 362 g/mol. The average molecular weight is 386 g/mol. The molecule has 0 radical (unpaired) electrons. The third-order valence-corrected chi connectivity index (χ3v) is 7.37. The summed E-state index contributed by atoms with van der Waals surface area (Å²) in [4.78, 5) is 28.4. The molecule has 7 nitrogen and oxygen atoms in total. The van der Waals surface area contributed by atoms with E-state index in [4.69, 9.17) is 5.73 Å². The smallest absolute Gasteiger partial charge is 0.251 e. The number of nitrogens with zero attached hydrogens (tertiary/aromatic N) is 1. The Kier molecular flexibility index (Phi) is 5.48. The third kappa shape index (κ3) is 4.52. The van der Waals surface area contributed by atoms with Gasteiger partial charge in [0.2, 0.25) is 5.91 Å². The van der Waals surface area contributed by atoms with Gasteiger partial charge in [0.05, 0.1) is 28.4 Å². The lowest BCUT2D eigenvalue weighted by molar-refractivity contribution is -0.120. The Balaban J connectivity index is 2.11. The van der Waals surface area contributed by atoms with Crippen LogP contribution in [-0.2, 0) is 14.6 Å². The summed E-state index contributed by atoms with van der Waals surface area (Å²) in [6.45, 7) is 7.24. The van der Waals surface area contributed by atoms with E-state index in [1.165, 1.54) is 0 Å². The van der Waals surface area contributed by atoms with Gasteiger partial charge >= 0.3 is 0 Å². The van der Waals surface area contributed by atoms with Crippen LogP contribution < -0.4 is 11.1 Å². The highest BCUT2D eigenvalue weighted by Crippen LogP contribution is 2.27. The van der Waals surface area contributed by atoms with E-state index in [1.54, 1.807) is 13.8 Å². The number of nitrogens with two attached hydrogens (primary N) is 1. The Labute approximate surface area is 152 Å². The molecule has 0 unspecified atom stereocenters. The van der Waals surface area contributed by atoms with E-state index in [2.05, 4.69) is 10.3 Å². The van der Waals surface area contributed by atoms with Crippen LogP contribution in [0.2, 0.25) is 0 Å². The summed E-state index contributed by atoms with van der Waals surface area (Å²) < 4.78 is 23.2. The minimum atomic E-state index is -3.10. The molecule has 138 valence electrons. The van der Waals surface area contributed by atoms with Crippen molar-refractivity contribution in [3.05, 3.63) is 22.4 Å². The fourth-order valence-electron chi connectivity index (χ4n) is 2.92. The van der Waals surface area contributed by atoms with Crippen molar-refractivity contribution in [2.45, 2.75) is 44.7 Å². The molecule has 0 bridgehead atoms. The Morgan fingerprint density at radius 3 is 2.44 bits per heavy atom. The van der Waals surface area contributed by atoms with E-state index in [0.29, 0.717) is 17.0 Å². The number of carbonyl (C=O) groups is 2. The number of hydrogen-bond acceptors (Lipinski definition) is 6. The Hall–Kier alpha value is -1.61. The largest absolute Gasteiger partial charge is 0.366 e. The quantitative estimate of drug-likeness (QED) is 0.727. The number of carbonyl (C=O) groups excluding carboxylic acids is 2. The lowest BCUT2D eigenvalue weighted by Gasteiger charge is -2.23. The van der Waals surface area contributed by atoms with Crippen LogP contribution in [0, 0.1) is 20.8 Å². The van der Waals surface area contributed by atoms with Gasteiger partial charge in [-0.25, -0.2) is 13.4 Å². The molecule has 1 aromatic rings. The van der Waals surface area contributed by atoms with E-state index in [9.17, 15) is 18.0 Å². The Morgan fingerprint density at radius 1 is 1.28 bits per heavy atom. The topological polar surface area (TPSA) is 119 Å². The van der Waals surface area contributed by atoms with E-state index < -0.39 is 21.3 Å². The number of pyridine rings is 1. The predicted molar refractivity (Wildman–Crippen MR) is 97.5 cm³/mol. The highest BCUT2D eigenvalue weighted by Gasteiger charge is 2.39. The molecule has 1 saturated heterocycles. The maximum absolute atomic E-state index is 12.2. The van der Waals surface area contributed by atoms with Gasteiger partial charge in [0.25, 0.3) is 5.91 Å². The SMILES string of the molecule is Cc1nc(SCC(=O)N[C@@]2(C)CCS(=O)(=O)C2)c(C(N)=O)c(C)c1C. The second-order valence-corrected chi connectivity index (χ2v) is 9.88. The first-order chi connectivity index (χ1) is 11.4. The van der Waals surface area contributed by atoms with Gasteiger partial charge in [-0.15, -0.1) is 0 Å². The van der Waals surface area contributed by atoms with Crippen LogP contribution in [0.5, 0.6) is 0 Å². The number of primary amides is 1. The molecule has 1 aromatic heterocycles. The van der Waals surface area contributed by atoms with E-state index in [-0.39, 0.29) is 23.2 Å². The molecule has 9 heteroatoms. The summed E-state index contributed by atoms with van der Waals surface area (Å²) in [6, 6.07) is 0. The summed E-state index contributed by atoms with van der Waals surface area (Å²) in [5.74, 6) is -0.808. The van der Waals surface area contributed by atoms with Crippen molar-refractivity contribution in [2.24, 2.45) is 5.73 Å². The fraction of sp³-hybridized carbons (Fsp3) is 0.562. The summed E-state index contributed by atoms with van der Waals surface area (Å²) in [7, 11) is -3.10. The second-order valence-electron chi connectivity index (χ2n) is 6.73. The molecule has 2 amide bonds. The van der Waals surface area contributed by atoms with Crippen molar-refractivity contribution in [3.8, 4) is 0 Å². The number of thioether (sulfide) groups is 1. The van der Waals surface area contributed by atoms with E-state index in [1.807, 2.05) is 13.8 Å². The molecule has 0 aliphatic carbocycles. The molecular formula is C16H23N3O4S2. The number of aryl methyl sites for hydroxylation is 1. The third-order valence-electron chi connectivity index (χ3n) is 4.49. The van der Waals surface area contributed by atoms with Crippen LogP contribution in [0.25, 0.3) is 0 Å². The molecule has 1 aliphatic heterocycles. The van der Waals surface area contributed by atoms with Crippen LogP contribution in [0.3, 0.4) is 0 Å². The molecule has 1 fully saturated rings. The zero-order valence-corrected chi connectivity index (χ0v) is 16.4. The summed E-state index contributed by atoms with van der Waals surface area (Å²) in [5, 5.41) is 3.21. The molecule has 25 heavy (non-hydrogen) atoms. The molecule has 2 heterocycles.